The van der Waals surface area contributed by atoms with Crippen molar-refractivity contribution < 1.29 is 4.39 Å². The lowest BCUT2D eigenvalue weighted by Gasteiger charge is -2.27. The van der Waals surface area contributed by atoms with E-state index in [0.29, 0.717) is 36.0 Å². The molecule has 3 N–H and O–H groups in total. The van der Waals surface area contributed by atoms with Crippen LogP contribution in [0.5, 0.6) is 0 Å². The van der Waals surface area contributed by atoms with Crippen LogP contribution in [0.4, 0.5) is 27.7 Å². The molecule has 1 aliphatic heterocycles. The Hall–Kier alpha value is -3.47. The topological polar surface area (TPSA) is 107 Å². The maximum Gasteiger partial charge on any atom is 0.275 e. The minimum absolute atomic E-state index is 0.161. The van der Waals surface area contributed by atoms with Gasteiger partial charge in [-0.1, -0.05) is 23.3 Å². The smallest absolute Gasteiger partial charge is 0.275 e. The van der Waals surface area contributed by atoms with Gasteiger partial charge in [-0.25, -0.2) is 9.37 Å². The molecule has 9 nitrogen and oxygen atoms in total. The largest absolute Gasteiger partial charge is 0.362 e. The molecule has 2 fully saturated rings. The molecule has 1 saturated carbocycles. The number of nitrogens with zero attached hydrogens (tertiary/aromatic N) is 6. The number of hydrogen-bond donors (Lipinski definition) is 3. The van der Waals surface area contributed by atoms with Gasteiger partial charge < -0.3 is 20.8 Å². The number of nitrogens with one attached hydrogen (secondary N) is 3. The molecule has 11 heteroatoms. The molecule has 1 unspecified atom stereocenters. The first-order chi connectivity index (χ1) is 16.1. The average Bonchev–Trinajstić information content (AvgIpc) is 3.56. The second kappa shape index (κ2) is 8.81. The summed E-state index contributed by atoms with van der Waals surface area (Å²) in [6.45, 7) is 8.89. The highest BCUT2D eigenvalue weighted by atomic mass is 35.5. The summed E-state index contributed by atoms with van der Waals surface area (Å²) in [5.74, 6) is 0.728. The summed E-state index contributed by atoms with van der Waals surface area (Å²) in [5.41, 5.74) is 1.36. The molecular weight excluding hydrogens is 445 g/mol. The van der Waals surface area contributed by atoms with Crippen LogP contribution in [0, 0.1) is 23.8 Å². The van der Waals surface area contributed by atoms with Gasteiger partial charge >= 0.3 is 0 Å². The molecular formula is C22H21ClFN9. The molecule has 33 heavy (non-hydrogen) atoms. The Morgan fingerprint density at radius 1 is 1.30 bits per heavy atom. The number of imidazole rings is 1. The van der Waals surface area contributed by atoms with Crippen molar-refractivity contribution in [3.8, 4) is 6.07 Å². The predicted octanol–water partition coefficient (Wildman–Crippen LogP) is 4.53. The van der Waals surface area contributed by atoms with E-state index < -0.39 is 6.17 Å². The fourth-order valence-corrected chi connectivity index (χ4v) is 4.29. The van der Waals surface area contributed by atoms with Crippen molar-refractivity contribution in [2.24, 2.45) is 5.92 Å². The standard InChI is InChI=1S/C22H21ClFN9/c1-26-17-11-28-21-20(29-14-2-3-14)31-22(32-33(17)21)30-16-9-12(10-25)8-15(18(16)23)19(24)13-4-6-27-7-5-13/h8-9,11,13-14,19,27H,2-7H2,(H2,29,30,31,32). The number of alkyl halides is 1. The van der Waals surface area contributed by atoms with Crippen molar-refractivity contribution in [1.82, 2.24) is 24.9 Å². The van der Waals surface area contributed by atoms with Crippen molar-refractivity contribution in [3.05, 3.63) is 45.9 Å². The van der Waals surface area contributed by atoms with Crippen molar-refractivity contribution in [2.75, 3.05) is 23.7 Å². The van der Waals surface area contributed by atoms with E-state index in [1.54, 1.807) is 6.07 Å². The summed E-state index contributed by atoms with van der Waals surface area (Å²) >= 11 is 6.63. The number of rotatable bonds is 6. The SMILES string of the molecule is [C-]#[N+]c1cnc2c(NC3CC3)nc(Nc3cc(C#N)cc(C(F)C4CCNCC4)c3Cl)nn12. The van der Waals surface area contributed by atoms with Crippen LogP contribution >= 0.6 is 11.6 Å². The number of hydrogen-bond acceptors (Lipinski definition) is 7. The van der Waals surface area contributed by atoms with E-state index in [1.165, 1.54) is 16.8 Å². The molecule has 1 aromatic carbocycles. The molecule has 2 aromatic heterocycles. The van der Waals surface area contributed by atoms with Gasteiger partial charge in [0.2, 0.25) is 0 Å². The summed E-state index contributed by atoms with van der Waals surface area (Å²) < 4.78 is 16.9. The summed E-state index contributed by atoms with van der Waals surface area (Å²) in [7, 11) is 0. The van der Waals surface area contributed by atoms with Gasteiger partial charge in [0.15, 0.2) is 5.82 Å². The van der Waals surface area contributed by atoms with Crippen LogP contribution in [-0.2, 0) is 0 Å². The van der Waals surface area contributed by atoms with Crippen LogP contribution < -0.4 is 16.0 Å². The first kappa shape index (κ1) is 21.4. The Bertz CT molecular complexity index is 1280. The van der Waals surface area contributed by atoms with E-state index in [4.69, 9.17) is 18.2 Å². The van der Waals surface area contributed by atoms with Crippen molar-refractivity contribution in [2.45, 2.75) is 37.9 Å². The average molecular weight is 466 g/mol. The van der Waals surface area contributed by atoms with Gasteiger partial charge in [-0.15, -0.1) is 4.52 Å². The molecule has 3 aromatic rings. The Morgan fingerprint density at radius 3 is 2.79 bits per heavy atom. The van der Waals surface area contributed by atoms with Crippen LogP contribution in [0.2, 0.25) is 5.02 Å². The molecule has 2 aliphatic rings. The number of anilines is 3. The van der Waals surface area contributed by atoms with Gasteiger partial charge in [0.05, 0.1) is 28.5 Å². The minimum atomic E-state index is -1.29. The molecule has 1 atom stereocenters. The Kier molecular flexibility index (Phi) is 5.71. The number of piperidine rings is 1. The zero-order chi connectivity index (χ0) is 22.9. The zero-order valence-electron chi connectivity index (χ0n) is 17.6. The Morgan fingerprint density at radius 2 is 2.09 bits per heavy atom. The van der Waals surface area contributed by atoms with Crippen LogP contribution in [0.25, 0.3) is 10.5 Å². The highest BCUT2D eigenvalue weighted by molar-refractivity contribution is 6.34. The van der Waals surface area contributed by atoms with E-state index >= 15 is 4.39 Å². The first-order valence-electron chi connectivity index (χ1n) is 10.8. The van der Waals surface area contributed by atoms with Gasteiger partial charge in [-0.3, -0.25) is 0 Å². The lowest BCUT2D eigenvalue weighted by Crippen LogP contribution is -2.30. The maximum absolute atomic E-state index is 15.5. The maximum atomic E-state index is 15.5. The van der Waals surface area contributed by atoms with Crippen LogP contribution in [-0.4, -0.2) is 38.7 Å². The van der Waals surface area contributed by atoms with Crippen molar-refractivity contribution >= 4 is 40.5 Å². The predicted molar refractivity (Wildman–Crippen MR) is 123 cm³/mol. The summed E-state index contributed by atoms with van der Waals surface area (Å²) in [6, 6.07) is 5.45. The van der Waals surface area contributed by atoms with Crippen molar-refractivity contribution in [1.29, 1.82) is 5.26 Å². The van der Waals surface area contributed by atoms with Gasteiger partial charge in [0, 0.05) is 11.6 Å². The number of benzene rings is 1. The van der Waals surface area contributed by atoms with E-state index in [9.17, 15) is 5.26 Å². The fourth-order valence-electron chi connectivity index (χ4n) is 4.03. The van der Waals surface area contributed by atoms with E-state index in [-0.39, 0.29) is 33.8 Å². The van der Waals surface area contributed by atoms with Crippen LogP contribution in [0.15, 0.2) is 18.3 Å². The zero-order valence-corrected chi connectivity index (χ0v) is 18.4. The van der Waals surface area contributed by atoms with Gasteiger partial charge in [0.1, 0.15) is 6.17 Å². The van der Waals surface area contributed by atoms with Gasteiger partial charge in [0.25, 0.3) is 17.4 Å². The number of fused-ring (bicyclic) bond motifs is 1. The molecule has 1 aliphatic carbocycles. The van der Waals surface area contributed by atoms with Crippen LogP contribution in [0.1, 0.15) is 43.0 Å². The lowest BCUT2D eigenvalue weighted by molar-refractivity contribution is 0.190. The third-order valence-electron chi connectivity index (χ3n) is 5.95. The first-order valence-corrected chi connectivity index (χ1v) is 11.2. The highest BCUT2D eigenvalue weighted by Crippen LogP contribution is 2.40. The molecule has 3 heterocycles. The normalized spacial score (nSPS) is 17.3. The number of halogens is 2. The van der Waals surface area contributed by atoms with Crippen molar-refractivity contribution in [3.63, 3.8) is 0 Å². The molecule has 0 amide bonds. The molecule has 0 spiro atoms. The minimum Gasteiger partial charge on any atom is -0.362 e. The highest BCUT2D eigenvalue weighted by Gasteiger charge is 2.29. The Labute approximate surface area is 194 Å². The number of nitriles is 1. The second-order valence-corrected chi connectivity index (χ2v) is 8.70. The summed E-state index contributed by atoms with van der Waals surface area (Å²) in [5, 5.41) is 23.7. The third kappa shape index (κ3) is 4.28. The molecule has 5 rings (SSSR count). The monoisotopic (exact) mass is 465 g/mol. The number of aromatic nitrogens is 4. The molecule has 0 radical (unpaired) electrons. The van der Waals surface area contributed by atoms with Crippen LogP contribution in [0.3, 0.4) is 0 Å². The molecule has 0 bridgehead atoms. The lowest BCUT2D eigenvalue weighted by atomic mass is 9.88. The van der Waals surface area contributed by atoms with Gasteiger partial charge in [-0.2, -0.15) is 10.2 Å². The quantitative estimate of drug-likeness (QED) is 0.459. The molecule has 168 valence electrons. The van der Waals surface area contributed by atoms with Gasteiger partial charge in [-0.05, 0) is 56.8 Å². The van der Waals surface area contributed by atoms with E-state index in [0.717, 1.165) is 25.9 Å². The third-order valence-corrected chi connectivity index (χ3v) is 6.37. The second-order valence-electron chi connectivity index (χ2n) is 8.32. The van der Waals surface area contributed by atoms with E-state index in [1.807, 2.05) is 0 Å². The summed E-state index contributed by atoms with van der Waals surface area (Å²) in [6.07, 6.45) is 3.62. The molecule has 1 saturated heterocycles. The summed E-state index contributed by atoms with van der Waals surface area (Å²) in [4.78, 5) is 12.2. The van der Waals surface area contributed by atoms with E-state index in [2.05, 4.69) is 41.9 Å². The Balaban J connectivity index is 1.53. The fraction of sp³-hybridized carbons (Fsp3) is 0.409.